The molecule has 0 spiro atoms. The Balaban J connectivity index is 1.73. The molecule has 0 atom stereocenters. The number of nitriles is 1. The quantitative estimate of drug-likeness (QED) is 0.723. The van der Waals surface area contributed by atoms with Gasteiger partial charge < -0.3 is 15.0 Å². The van der Waals surface area contributed by atoms with Crippen molar-refractivity contribution in [3.63, 3.8) is 0 Å². The average Bonchev–Trinajstić information content (AvgIpc) is 3.26. The van der Waals surface area contributed by atoms with Crippen LogP contribution >= 0.6 is 0 Å². The summed E-state index contributed by atoms with van der Waals surface area (Å²) in [5.41, 5.74) is 1.10. The summed E-state index contributed by atoms with van der Waals surface area (Å²) in [5, 5.41) is 12.0. The van der Waals surface area contributed by atoms with Crippen LogP contribution in [0.3, 0.4) is 0 Å². The van der Waals surface area contributed by atoms with Crippen molar-refractivity contribution < 1.29 is 4.74 Å². The standard InChI is InChI=1S/C15H21N3O/c1-18(14-6-7-14)10-9-17-12-13-4-2-3-5-15(13)19-11-8-16/h2-5,14,17H,6-7,9-12H2,1H3. The molecule has 1 aliphatic rings. The lowest BCUT2D eigenvalue weighted by Gasteiger charge is -2.16. The normalized spacial score (nSPS) is 14.4. The van der Waals surface area contributed by atoms with Gasteiger partial charge in [-0.15, -0.1) is 0 Å². The molecule has 19 heavy (non-hydrogen) atoms. The van der Waals surface area contributed by atoms with Crippen LogP contribution in [0, 0.1) is 11.3 Å². The van der Waals surface area contributed by atoms with Gasteiger partial charge in [0.05, 0.1) is 0 Å². The zero-order valence-electron chi connectivity index (χ0n) is 11.4. The van der Waals surface area contributed by atoms with Crippen LogP contribution in [-0.2, 0) is 6.54 Å². The summed E-state index contributed by atoms with van der Waals surface area (Å²) in [6.45, 7) is 2.92. The summed E-state index contributed by atoms with van der Waals surface area (Å²) in [6, 6.07) is 10.7. The summed E-state index contributed by atoms with van der Waals surface area (Å²) in [6.07, 6.45) is 2.70. The van der Waals surface area contributed by atoms with Crippen LogP contribution in [0.5, 0.6) is 5.75 Å². The lowest BCUT2D eigenvalue weighted by atomic mass is 10.2. The number of para-hydroxylation sites is 1. The van der Waals surface area contributed by atoms with E-state index >= 15 is 0 Å². The van der Waals surface area contributed by atoms with Crippen LogP contribution in [0.1, 0.15) is 18.4 Å². The molecule has 4 heteroatoms. The van der Waals surface area contributed by atoms with Crippen molar-refractivity contribution in [3.05, 3.63) is 29.8 Å². The molecule has 1 fully saturated rings. The first-order valence-electron chi connectivity index (χ1n) is 6.80. The summed E-state index contributed by atoms with van der Waals surface area (Å²) in [5.74, 6) is 0.798. The smallest absolute Gasteiger partial charge is 0.174 e. The fraction of sp³-hybridized carbons (Fsp3) is 0.533. The SMILES string of the molecule is CN(CCNCc1ccccc1OCC#N)C1CC1. The van der Waals surface area contributed by atoms with Gasteiger partial charge >= 0.3 is 0 Å². The number of likely N-dealkylation sites (N-methyl/N-ethyl adjacent to an activating group) is 1. The first-order chi connectivity index (χ1) is 9.31. The van der Waals surface area contributed by atoms with E-state index in [1.54, 1.807) is 0 Å². The lowest BCUT2D eigenvalue weighted by Crippen LogP contribution is -2.30. The summed E-state index contributed by atoms with van der Waals surface area (Å²) < 4.78 is 5.40. The topological polar surface area (TPSA) is 48.3 Å². The van der Waals surface area contributed by atoms with E-state index in [1.165, 1.54) is 12.8 Å². The van der Waals surface area contributed by atoms with Gasteiger partial charge in [-0.3, -0.25) is 0 Å². The van der Waals surface area contributed by atoms with Crippen molar-refractivity contribution in [2.75, 3.05) is 26.7 Å². The second kappa shape index (κ2) is 7.13. The molecule has 1 aliphatic carbocycles. The highest BCUT2D eigenvalue weighted by molar-refractivity contribution is 5.33. The highest BCUT2D eigenvalue weighted by Gasteiger charge is 2.25. The fourth-order valence-corrected chi connectivity index (χ4v) is 2.08. The van der Waals surface area contributed by atoms with Crippen molar-refractivity contribution in [3.8, 4) is 11.8 Å². The molecule has 0 unspecified atom stereocenters. The predicted molar refractivity (Wildman–Crippen MR) is 74.9 cm³/mol. The number of benzene rings is 1. The number of nitrogens with zero attached hydrogens (tertiary/aromatic N) is 2. The zero-order valence-corrected chi connectivity index (χ0v) is 11.4. The van der Waals surface area contributed by atoms with E-state index in [4.69, 9.17) is 10.00 Å². The van der Waals surface area contributed by atoms with Gasteiger partial charge in [0.2, 0.25) is 0 Å². The highest BCUT2D eigenvalue weighted by atomic mass is 16.5. The first-order valence-corrected chi connectivity index (χ1v) is 6.80. The van der Waals surface area contributed by atoms with Crippen LogP contribution < -0.4 is 10.1 Å². The summed E-state index contributed by atoms with van der Waals surface area (Å²) in [4.78, 5) is 2.41. The molecule has 1 aromatic carbocycles. The zero-order chi connectivity index (χ0) is 13.5. The molecule has 4 nitrogen and oxygen atoms in total. The maximum absolute atomic E-state index is 8.56. The minimum absolute atomic E-state index is 0.0986. The van der Waals surface area contributed by atoms with Gasteiger partial charge in [-0.1, -0.05) is 18.2 Å². The van der Waals surface area contributed by atoms with Gasteiger partial charge in [0.25, 0.3) is 0 Å². The van der Waals surface area contributed by atoms with E-state index in [2.05, 4.69) is 17.3 Å². The predicted octanol–water partition coefficient (Wildman–Crippen LogP) is 1.77. The molecular weight excluding hydrogens is 238 g/mol. The molecule has 0 aromatic heterocycles. The number of ether oxygens (including phenoxy) is 1. The molecule has 0 saturated heterocycles. The van der Waals surface area contributed by atoms with Crippen molar-refractivity contribution >= 4 is 0 Å². The molecule has 0 radical (unpaired) electrons. The second-order valence-corrected chi connectivity index (χ2v) is 4.94. The maximum atomic E-state index is 8.56. The maximum Gasteiger partial charge on any atom is 0.174 e. The van der Waals surface area contributed by atoms with Crippen molar-refractivity contribution in [2.24, 2.45) is 0 Å². The third-order valence-corrected chi connectivity index (χ3v) is 3.39. The Kier molecular flexibility index (Phi) is 5.20. The van der Waals surface area contributed by atoms with Crippen molar-refractivity contribution in [1.29, 1.82) is 5.26 Å². The Labute approximate surface area is 115 Å². The number of rotatable bonds is 8. The minimum Gasteiger partial charge on any atom is -0.478 e. The van der Waals surface area contributed by atoms with Gasteiger partial charge in [-0.05, 0) is 26.0 Å². The van der Waals surface area contributed by atoms with Gasteiger partial charge in [0, 0.05) is 31.2 Å². The van der Waals surface area contributed by atoms with Crippen molar-refractivity contribution in [2.45, 2.75) is 25.4 Å². The van der Waals surface area contributed by atoms with Crippen LogP contribution in [-0.4, -0.2) is 37.7 Å². The molecule has 1 aromatic rings. The first kappa shape index (κ1) is 13.9. The molecule has 0 amide bonds. The lowest BCUT2D eigenvalue weighted by molar-refractivity contribution is 0.320. The van der Waals surface area contributed by atoms with Crippen LogP contribution in [0.25, 0.3) is 0 Å². The van der Waals surface area contributed by atoms with Gasteiger partial charge in [-0.25, -0.2) is 0 Å². The highest BCUT2D eigenvalue weighted by Crippen LogP contribution is 2.24. The van der Waals surface area contributed by atoms with E-state index in [1.807, 2.05) is 30.3 Å². The Morgan fingerprint density at radius 1 is 1.42 bits per heavy atom. The fourth-order valence-electron chi connectivity index (χ4n) is 2.08. The average molecular weight is 259 g/mol. The van der Waals surface area contributed by atoms with E-state index in [-0.39, 0.29) is 6.61 Å². The number of nitrogens with one attached hydrogen (secondary N) is 1. The van der Waals surface area contributed by atoms with Gasteiger partial charge in [0.15, 0.2) is 6.61 Å². The van der Waals surface area contributed by atoms with Crippen LogP contribution in [0.2, 0.25) is 0 Å². The van der Waals surface area contributed by atoms with E-state index in [9.17, 15) is 0 Å². The molecule has 1 N–H and O–H groups in total. The Morgan fingerprint density at radius 3 is 2.95 bits per heavy atom. The largest absolute Gasteiger partial charge is 0.478 e. The third kappa shape index (κ3) is 4.55. The summed E-state index contributed by atoms with van der Waals surface area (Å²) in [7, 11) is 2.18. The van der Waals surface area contributed by atoms with Crippen LogP contribution in [0.15, 0.2) is 24.3 Å². The molecule has 0 aliphatic heterocycles. The molecule has 0 heterocycles. The van der Waals surface area contributed by atoms with Gasteiger partial charge in [0.1, 0.15) is 11.8 Å². The third-order valence-electron chi connectivity index (χ3n) is 3.39. The molecular formula is C15H21N3O. The second-order valence-electron chi connectivity index (χ2n) is 4.94. The van der Waals surface area contributed by atoms with Crippen LogP contribution in [0.4, 0.5) is 0 Å². The molecule has 0 bridgehead atoms. The summed E-state index contributed by atoms with van der Waals surface area (Å²) >= 11 is 0. The molecule has 2 rings (SSSR count). The van der Waals surface area contributed by atoms with Crippen molar-refractivity contribution in [1.82, 2.24) is 10.2 Å². The minimum atomic E-state index is 0.0986. The van der Waals surface area contributed by atoms with E-state index in [0.29, 0.717) is 0 Å². The Morgan fingerprint density at radius 2 is 2.21 bits per heavy atom. The van der Waals surface area contributed by atoms with E-state index < -0.39 is 0 Å². The molecule has 1 saturated carbocycles. The van der Waals surface area contributed by atoms with Gasteiger partial charge in [-0.2, -0.15) is 5.26 Å². The Hall–Kier alpha value is -1.57. The number of hydrogen-bond acceptors (Lipinski definition) is 4. The molecule has 102 valence electrons. The van der Waals surface area contributed by atoms with E-state index in [0.717, 1.165) is 37.0 Å². The number of hydrogen-bond donors (Lipinski definition) is 1. The monoisotopic (exact) mass is 259 g/mol. The Bertz CT molecular complexity index is 437.